The molecule has 0 bridgehead atoms. The number of hydrogen-bond acceptors (Lipinski definition) is 2. The van der Waals surface area contributed by atoms with Gasteiger partial charge < -0.3 is 10.5 Å². The maximum absolute atomic E-state index is 5.78. The van der Waals surface area contributed by atoms with Crippen LogP contribution in [0.1, 0.15) is 12.5 Å². The third kappa shape index (κ3) is 1.54. The van der Waals surface area contributed by atoms with Crippen molar-refractivity contribution >= 4 is 0 Å². The molecule has 2 N–H and O–H groups in total. The molecule has 0 aliphatic carbocycles. The molecule has 13 heavy (non-hydrogen) atoms. The van der Waals surface area contributed by atoms with Crippen LogP contribution in [0.5, 0.6) is 5.75 Å². The minimum Gasteiger partial charge on any atom is -0.489 e. The summed E-state index contributed by atoms with van der Waals surface area (Å²) in [6.45, 7) is 2.83. The van der Waals surface area contributed by atoms with Crippen molar-refractivity contribution in [3.05, 3.63) is 29.8 Å². The van der Waals surface area contributed by atoms with Gasteiger partial charge in [0.1, 0.15) is 11.9 Å². The summed E-state index contributed by atoms with van der Waals surface area (Å²) in [4.78, 5) is 0. The predicted octanol–water partition coefficient (Wildman–Crippen LogP) is 1.58. The molecule has 0 saturated heterocycles. The van der Waals surface area contributed by atoms with Gasteiger partial charge in [-0.2, -0.15) is 0 Å². The summed E-state index contributed by atoms with van der Waals surface area (Å²) in [7, 11) is 0. The van der Waals surface area contributed by atoms with Gasteiger partial charge in [-0.25, -0.2) is 0 Å². The Hall–Kier alpha value is -1.02. The van der Waals surface area contributed by atoms with Gasteiger partial charge in [-0.15, -0.1) is 0 Å². The van der Waals surface area contributed by atoms with E-state index in [4.69, 9.17) is 10.5 Å². The molecule has 1 heterocycles. The fourth-order valence-corrected chi connectivity index (χ4v) is 1.68. The number of ether oxygens (including phenoxy) is 1. The van der Waals surface area contributed by atoms with Crippen LogP contribution in [0.15, 0.2) is 24.3 Å². The van der Waals surface area contributed by atoms with Crippen LogP contribution < -0.4 is 10.5 Å². The highest BCUT2D eigenvalue weighted by atomic mass is 16.5. The lowest BCUT2D eigenvalue weighted by atomic mass is 10.0. The zero-order valence-electron chi connectivity index (χ0n) is 7.86. The first kappa shape index (κ1) is 8.57. The molecule has 2 atom stereocenters. The van der Waals surface area contributed by atoms with Crippen molar-refractivity contribution in [1.29, 1.82) is 0 Å². The van der Waals surface area contributed by atoms with Crippen LogP contribution in [0, 0.1) is 5.92 Å². The maximum atomic E-state index is 5.78. The Bertz CT molecular complexity index is 273. The van der Waals surface area contributed by atoms with E-state index in [0.717, 1.165) is 12.2 Å². The van der Waals surface area contributed by atoms with E-state index in [-0.39, 0.29) is 6.10 Å². The highest BCUT2D eigenvalue weighted by Gasteiger charge is 2.26. The fraction of sp³-hybridized carbons (Fsp3) is 0.455. The number of rotatable bonds is 2. The minimum atomic E-state index is 0.280. The summed E-state index contributed by atoms with van der Waals surface area (Å²) in [5, 5.41) is 0. The fourth-order valence-electron chi connectivity index (χ4n) is 1.68. The molecule has 70 valence electrons. The van der Waals surface area contributed by atoms with E-state index in [1.165, 1.54) is 5.56 Å². The minimum absolute atomic E-state index is 0.280. The molecular weight excluding hydrogens is 162 g/mol. The third-order valence-corrected chi connectivity index (χ3v) is 2.68. The standard InChI is InChI=1S/C11H15NO/c1-8(7-12)11-6-9-4-2-3-5-10(9)13-11/h2-5,8,11H,6-7,12H2,1H3. The molecule has 0 spiro atoms. The Balaban J connectivity index is 2.14. The van der Waals surface area contributed by atoms with Crippen molar-refractivity contribution in [2.24, 2.45) is 11.7 Å². The van der Waals surface area contributed by atoms with Gasteiger partial charge in [-0.1, -0.05) is 25.1 Å². The second-order valence-corrected chi connectivity index (χ2v) is 3.68. The molecule has 2 heteroatoms. The van der Waals surface area contributed by atoms with Gasteiger partial charge in [-0.05, 0) is 18.2 Å². The highest BCUT2D eigenvalue weighted by Crippen LogP contribution is 2.30. The van der Waals surface area contributed by atoms with E-state index in [1.807, 2.05) is 12.1 Å². The predicted molar refractivity (Wildman–Crippen MR) is 52.8 cm³/mol. The zero-order chi connectivity index (χ0) is 9.26. The van der Waals surface area contributed by atoms with E-state index in [0.29, 0.717) is 12.5 Å². The average molecular weight is 177 g/mol. The Labute approximate surface area is 78.7 Å². The van der Waals surface area contributed by atoms with E-state index in [9.17, 15) is 0 Å². The normalized spacial score (nSPS) is 22.2. The quantitative estimate of drug-likeness (QED) is 0.744. The molecule has 0 amide bonds. The molecular formula is C11H15NO. The molecule has 0 aromatic heterocycles. The van der Waals surface area contributed by atoms with Crippen molar-refractivity contribution < 1.29 is 4.74 Å². The van der Waals surface area contributed by atoms with Gasteiger partial charge in [0.25, 0.3) is 0 Å². The Morgan fingerprint density at radius 3 is 3.00 bits per heavy atom. The molecule has 1 aromatic carbocycles. The van der Waals surface area contributed by atoms with Crippen LogP contribution in [0.2, 0.25) is 0 Å². The SMILES string of the molecule is CC(CN)C1Cc2ccccc2O1. The number of fused-ring (bicyclic) bond motifs is 1. The van der Waals surface area contributed by atoms with Crippen molar-refractivity contribution in [2.45, 2.75) is 19.4 Å². The summed E-state index contributed by atoms with van der Waals surface area (Å²) in [5.74, 6) is 1.47. The van der Waals surface area contributed by atoms with E-state index in [2.05, 4.69) is 19.1 Å². The first-order chi connectivity index (χ1) is 6.31. The lowest BCUT2D eigenvalue weighted by Gasteiger charge is -2.16. The molecule has 2 rings (SSSR count). The van der Waals surface area contributed by atoms with Crippen molar-refractivity contribution in [2.75, 3.05) is 6.54 Å². The zero-order valence-corrected chi connectivity index (χ0v) is 7.86. The van der Waals surface area contributed by atoms with Gasteiger partial charge in [0.15, 0.2) is 0 Å². The molecule has 0 fully saturated rings. The van der Waals surface area contributed by atoms with E-state index >= 15 is 0 Å². The van der Waals surface area contributed by atoms with Crippen molar-refractivity contribution in [3.63, 3.8) is 0 Å². The average Bonchev–Trinajstić information content (AvgIpc) is 2.59. The molecule has 1 aromatic rings. The first-order valence-electron chi connectivity index (χ1n) is 4.76. The van der Waals surface area contributed by atoms with E-state index in [1.54, 1.807) is 0 Å². The summed E-state index contributed by atoms with van der Waals surface area (Å²) < 4.78 is 5.78. The van der Waals surface area contributed by atoms with Gasteiger partial charge in [-0.3, -0.25) is 0 Å². The summed E-state index contributed by atoms with van der Waals surface area (Å²) >= 11 is 0. The topological polar surface area (TPSA) is 35.2 Å². The Morgan fingerprint density at radius 1 is 1.54 bits per heavy atom. The van der Waals surface area contributed by atoms with Crippen LogP contribution in [0.4, 0.5) is 0 Å². The maximum Gasteiger partial charge on any atom is 0.123 e. The first-order valence-corrected chi connectivity index (χ1v) is 4.76. The highest BCUT2D eigenvalue weighted by molar-refractivity contribution is 5.37. The summed E-state index contributed by atoms with van der Waals surface area (Å²) in [6, 6.07) is 8.21. The van der Waals surface area contributed by atoms with Gasteiger partial charge in [0.05, 0.1) is 0 Å². The smallest absolute Gasteiger partial charge is 0.123 e. The summed E-state index contributed by atoms with van der Waals surface area (Å²) in [5.41, 5.74) is 6.92. The lowest BCUT2D eigenvalue weighted by molar-refractivity contribution is 0.172. The Kier molecular flexibility index (Phi) is 2.23. The van der Waals surface area contributed by atoms with E-state index < -0.39 is 0 Å². The largest absolute Gasteiger partial charge is 0.489 e. The van der Waals surface area contributed by atoms with Crippen LogP contribution >= 0.6 is 0 Å². The second-order valence-electron chi connectivity index (χ2n) is 3.68. The van der Waals surface area contributed by atoms with Crippen LogP contribution in [-0.4, -0.2) is 12.6 Å². The number of para-hydroxylation sites is 1. The molecule has 2 unspecified atom stereocenters. The van der Waals surface area contributed by atoms with Crippen molar-refractivity contribution in [1.82, 2.24) is 0 Å². The lowest BCUT2D eigenvalue weighted by Crippen LogP contribution is -2.28. The van der Waals surface area contributed by atoms with Gasteiger partial charge in [0.2, 0.25) is 0 Å². The molecule has 0 radical (unpaired) electrons. The second kappa shape index (κ2) is 3.38. The number of hydrogen-bond donors (Lipinski definition) is 1. The Morgan fingerprint density at radius 2 is 2.31 bits per heavy atom. The summed E-state index contributed by atoms with van der Waals surface area (Å²) in [6.07, 6.45) is 1.29. The molecule has 0 saturated carbocycles. The molecule has 1 aliphatic rings. The number of benzene rings is 1. The monoisotopic (exact) mass is 177 g/mol. The molecule has 2 nitrogen and oxygen atoms in total. The number of nitrogens with two attached hydrogens (primary N) is 1. The van der Waals surface area contributed by atoms with Crippen LogP contribution in [0.25, 0.3) is 0 Å². The van der Waals surface area contributed by atoms with Gasteiger partial charge >= 0.3 is 0 Å². The molecule has 1 aliphatic heterocycles. The van der Waals surface area contributed by atoms with Crippen LogP contribution in [0.3, 0.4) is 0 Å². The van der Waals surface area contributed by atoms with Gasteiger partial charge in [0, 0.05) is 12.3 Å². The van der Waals surface area contributed by atoms with Crippen molar-refractivity contribution in [3.8, 4) is 5.75 Å². The third-order valence-electron chi connectivity index (χ3n) is 2.68. The van der Waals surface area contributed by atoms with Crippen LogP contribution in [-0.2, 0) is 6.42 Å².